The third-order valence-corrected chi connectivity index (χ3v) is 7.87. The number of aromatic nitrogens is 3. The van der Waals surface area contributed by atoms with Crippen LogP contribution in [0.4, 0.5) is 5.82 Å². The lowest BCUT2D eigenvalue weighted by molar-refractivity contribution is 0.380. The van der Waals surface area contributed by atoms with E-state index in [1.807, 2.05) is 6.07 Å². The molecule has 7 rings (SSSR count). The monoisotopic (exact) mass is 444 g/mol. The zero-order chi connectivity index (χ0) is 22.5. The van der Waals surface area contributed by atoms with E-state index in [9.17, 15) is 0 Å². The van der Waals surface area contributed by atoms with E-state index in [0.29, 0.717) is 0 Å². The highest BCUT2D eigenvalue weighted by molar-refractivity contribution is 5.80. The van der Waals surface area contributed by atoms with Gasteiger partial charge in [-0.2, -0.15) is 4.98 Å². The van der Waals surface area contributed by atoms with Crippen LogP contribution < -0.4 is 4.90 Å². The quantitative estimate of drug-likeness (QED) is 0.320. The summed E-state index contributed by atoms with van der Waals surface area (Å²) in [7, 11) is 0. The number of fused-ring (bicyclic) bond motifs is 6. The SMILES string of the molecule is c1ccc2c(c1)Cc1c(CCC3CCN(c4ccn5c(n4)nc4ccccc45)CC3)cccc1-2. The number of hydrogen-bond acceptors (Lipinski definition) is 3. The Bertz CT molecular complexity index is 1510. The van der Waals surface area contributed by atoms with E-state index in [0.717, 1.165) is 48.1 Å². The van der Waals surface area contributed by atoms with E-state index >= 15 is 0 Å². The standard InChI is InChI=1S/C30H28N4/c1-2-8-24-23(6-1)20-26-22(7-5-9-25(24)26)13-12-21-14-17-33(18-15-21)29-16-19-34-28-11-4-3-10-27(28)31-30(34)32-29/h1-11,16,19,21H,12-15,17-18,20H2. The maximum Gasteiger partial charge on any atom is 0.236 e. The Balaban J connectivity index is 1.02. The van der Waals surface area contributed by atoms with Gasteiger partial charge in [0.15, 0.2) is 0 Å². The van der Waals surface area contributed by atoms with Crippen LogP contribution in [0.3, 0.4) is 0 Å². The van der Waals surface area contributed by atoms with E-state index in [1.54, 1.807) is 11.1 Å². The molecule has 1 saturated heterocycles. The van der Waals surface area contributed by atoms with Crippen molar-refractivity contribution in [3.8, 4) is 11.1 Å². The summed E-state index contributed by atoms with van der Waals surface area (Å²) in [6.45, 7) is 2.15. The largest absolute Gasteiger partial charge is 0.356 e. The van der Waals surface area contributed by atoms with Crippen LogP contribution in [0.1, 0.15) is 36.0 Å². The fraction of sp³-hybridized carbons (Fsp3) is 0.267. The van der Waals surface area contributed by atoms with Gasteiger partial charge in [0.05, 0.1) is 11.0 Å². The first-order valence-corrected chi connectivity index (χ1v) is 12.5. The molecule has 0 spiro atoms. The normalized spacial score (nSPS) is 15.7. The van der Waals surface area contributed by atoms with E-state index in [-0.39, 0.29) is 0 Å². The molecular formula is C30H28N4. The molecule has 0 N–H and O–H groups in total. The fourth-order valence-corrected chi connectivity index (χ4v) is 5.98. The number of para-hydroxylation sites is 2. The molecule has 0 saturated carbocycles. The molecule has 4 nitrogen and oxygen atoms in total. The molecule has 0 unspecified atom stereocenters. The molecule has 3 aromatic carbocycles. The van der Waals surface area contributed by atoms with Gasteiger partial charge in [0.1, 0.15) is 5.82 Å². The second-order valence-electron chi connectivity index (χ2n) is 9.80. The third-order valence-electron chi connectivity index (χ3n) is 7.87. The van der Waals surface area contributed by atoms with Crippen molar-refractivity contribution in [1.29, 1.82) is 0 Å². The minimum absolute atomic E-state index is 0.786. The van der Waals surface area contributed by atoms with Crippen molar-refractivity contribution in [1.82, 2.24) is 14.4 Å². The second kappa shape index (κ2) is 7.98. The van der Waals surface area contributed by atoms with Gasteiger partial charge in [-0.3, -0.25) is 4.40 Å². The number of piperidine rings is 1. The van der Waals surface area contributed by atoms with Crippen LogP contribution in [0.2, 0.25) is 0 Å². The molecule has 34 heavy (non-hydrogen) atoms. The minimum atomic E-state index is 0.786. The van der Waals surface area contributed by atoms with Crippen LogP contribution >= 0.6 is 0 Å². The van der Waals surface area contributed by atoms with Gasteiger partial charge in [-0.1, -0.05) is 54.6 Å². The lowest BCUT2D eigenvalue weighted by atomic mass is 9.88. The summed E-state index contributed by atoms with van der Waals surface area (Å²) >= 11 is 0. The van der Waals surface area contributed by atoms with E-state index in [4.69, 9.17) is 9.97 Å². The van der Waals surface area contributed by atoms with Crippen LogP contribution in [-0.2, 0) is 12.8 Å². The highest BCUT2D eigenvalue weighted by atomic mass is 15.2. The second-order valence-corrected chi connectivity index (χ2v) is 9.80. The summed E-state index contributed by atoms with van der Waals surface area (Å²) in [5, 5.41) is 0. The molecule has 0 radical (unpaired) electrons. The molecular weight excluding hydrogens is 416 g/mol. The van der Waals surface area contributed by atoms with Gasteiger partial charge in [0.25, 0.3) is 0 Å². The maximum absolute atomic E-state index is 4.89. The van der Waals surface area contributed by atoms with Gasteiger partial charge >= 0.3 is 0 Å². The van der Waals surface area contributed by atoms with Crippen molar-refractivity contribution >= 4 is 22.6 Å². The average Bonchev–Trinajstić information content (AvgIpc) is 3.46. The summed E-state index contributed by atoms with van der Waals surface area (Å²) in [5.41, 5.74) is 9.60. The molecule has 5 aromatic rings. The number of anilines is 1. The van der Waals surface area contributed by atoms with Gasteiger partial charge in [-0.05, 0) is 84.0 Å². The van der Waals surface area contributed by atoms with Crippen molar-refractivity contribution in [2.24, 2.45) is 5.92 Å². The van der Waals surface area contributed by atoms with Gasteiger partial charge in [0.2, 0.25) is 5.78 Å². The molecule has 4 heteroatoms. The molecule has 0 bridgehead atoms. The molecule has 0 amide bonds. The van der Waals surface area contributed by atoms with E-state index in [1.165, 1.54) is 42.4 Å². The first-order valence-electron chi connectivity index (χ1n) is 12.5. The zero-order valence-corrected chi connectivity index (χ0v) is 19.3. The summed E-state index contributed by atoms with van der Waals surface area (Å²) in [6.07, 6.45) is 8.15. The maximum atomic E-state index is 4.89. The first-order chi connectivity index (χ1) is 16.8. The summed E-state index contributed by atoms with van der Waals surface area (Å²) in [4.78, 5) is 12.0. The molecule has 2 aromatic heterocycles. The number of nitrogens with zero attached hydrogens (tertiary/aromatic N) is 4. The Labute approximate surface area is 199 Å². The number of benzene rings is 3. The van der Waals surface area contributed by atoms with Crippen molar-refractivity contribution in [3.05, 3.63) is 95.7 Å². The summed E-state index contributed by atoms with van der Waals surface area (Å²) in [5.74, 6) is 2.63. The van der Waals surface area contributed by atoms with E-state index < -0.39 is 0 Å². The molecule has 1 aliphatic carbocycles. The van der Waals surface area contributed by atoms with Crippen LogP contribution in [0.15, 0.2) is 79.0 Å². The van der Waals surface area contributed by atoms with Crippen LogP contribution in [0.25, 0.3) is 27.9 Å². The topological polar surface area (TPSA) is 33.4 Å². The third kappa shape index (κ3) is 3.28. The van der Waals surface area contributed by atoms with Crippen LogP contribution in [0.5, 0.6) is 0 Å². The molecule has 1 fully saturated rings. The molecule has 168 valence electrons. The van der Waals surface area contributed by atoms with Crippen molar-refractivity contribution < 1.29 is 0 Å². The van der Waals surface area contributed by atoms with Crippen LogP contribution in [-0.4, -0.2) is 27.5 Å². The van der Waals surface area contributed by atoms with Crippen molar-refractivity contribution in [2.75, 3.05) is 18.0 Å². The predicted molar refractivity (Wildman–Crippen MR) is 138 cm³/mol. The number of hydrogen-bond donors (Lipinski definition) is 0. The molecule has 1 aliphatic heterocycles. The number of rotatable bonds is 4. The first kappa shape index (κ1) is 19.8. The van der Waals surface area contributed by atoms with Crippen molar-refractivity contribution in [2.45, 2.75) is 32.1 Å². The smallest absolute Gasteiger partial charge is 0.236 e. The lowest BCUT2D eigenvalue weighted by Gasteiger charge is -2.33. The molecule has 3 heterocycles. The average molecular weight is 445 g/mol. The van der Waals surface area contributed by atoms with Crippen LogP contribution in [0, 0.1) is 5.92 Å². The fourth-order valence-electron chi connectivity index (χ4n) is 5.98. The number of aryl methyl sites for hydroxylation is 1. The van der Waals surface area contributed by atoms with Gasteiger partial charge in [-0.15, -0.1) is 0 Å². The minimum Gasteiger partial charge on any atom is -0.356 e. The summed E-state index contributed by atoms with van der Waals surface area (Å²) in [6, 6.07) is 26.2. The number of imidazole rings is 1. The van der Waals surface area contributed by atoms with Gasteiger partial charge < -0.3 is 4.90 Å². The Hall–Kier alpha value is -3.66. The summed E-state index contributed by atoms with van der Waals surface area (Å²) < 4.78 is 2.09. The molecule has 2 aliphatic rings. The van der Waals surface area contributed by atoms with Gasteiger partial charge in [-0.25, -0.2) is 4.98 Å². The highest BCUT2D eigenvalue weighted by Crippen LogP contribution is 2.39. The van der Waals surface area contributed by atoms with Gasteiger partial charge in [0, 0.05) is 19.3 Å². The Morgan fingerprint density at radius 1 is 0.794 bits per heavy atom. The Kier molecular flexibility index (Phi) is 4.64. The zero-order valence-electron chi connectivity index (χ0n) is 19.3. The van der Waals surface area contributed by atoms with E-state index in [2.05, 4.69) is 82.2 Å². The molecule has 0 atom stereocenters. The van der Waals surface area contributed by atoms with Crippen molar-refractivity contribution in [3.63, 3.8) is 0 Å². The highest BCUT2D eigenvalue weighted by Gasteiger charge is 2.23. The Morgan fingerprint density at radius 3 is 2.56 bits per heavy atom. The lowest BCUT2D eigenvalue weighted by Crippen LogP contribution is -2.34. The predicted octanol–water partition coefficient (Wildman–Crippen LogP) is 6.30. The Morgan fingerprint density at radius 2 is 1.62 bits per heavy atom.